The van der Waals surface area contributed by atoms with Crippen LogP contribution in [0.1, 0.15) is 13.8 Å². The topological polar surface area (TPSA) is 39.4 Å². The van der Waals surface area contributed by atoms with Crippen LogP contribution in [0.2, 0.25) is 0 Å². The van der Waals surface area contributed by atoms with Crippen molar-refractivity contribution >= 4 is 21.6 Å². The van der Waals surface area contributed by atoms with Gasteiger partial charge >= 0.3 is 0 Å². The summed E-state index contributed by atoms with van der Waals surface area (Å²) in [5.74, 6) is 0.555. The van der Waals surface area contributed by atoms with Crippen LogP contribution in [-0.2, 0) is 0 Å². The number of hydrogen-bond donors (Lipinski definition) is 0. The lowest BCUT2D eigenvalue weighted by atomic mass is 10.5. The highest BCUT2D eigenvalue weighted by atomic mass is 79.9. The molecule has 0 saturated heterocycles. The SMILES string of the molecule is CC(C)Oc1nc(Br)cn2ccnc12. The van der Waals surface area contributed by atoms with E-state index in [2.05, 4.69) is 25.9 Å². The molecule has 74 valence electrons. The van der Waals surface area contributed by atoms with E-state index >= 15 is 0 Å². The summed E-state index contributed by atoms with van der Waals surface area (Å²) < 4.78 is 8.15. The first-order valence-electron chi connectivity index (χ1n) is 4.32. The zero-order valence-electron chi connectivity index (χ0n) is 7.94. The Labute approximate surface area is 90.1 Å². The van der Waals surface area contributed by atoms with E-state index in [1.165, 1.54) is 0 Å². The van der Waals surface area contributed by atoms with Crippen molar-refractivity contribution in [1.29, 1.82) is 0 Å². The predicted molar refractivity (Wildman–Crippen MR) is 56.5 cm³/mol. The van der Waals surface area contributed by atoms with E-state index in [-0.39, 0.29) is 6.10 Å². The monoisotopic (exact) mass is 255 g/mol. The maximum atomic E-state index is 5.54. The fourth-order valence-electron chi connectivity index (χ4n) is 1.18. The van der Waals surface area contributed by atoms with E-state index in [1.54, 1.807) is 6.20 Å². The minimum atomic E-state index is 0.0947. The van der Waals surface area contributed by atoms with Crippen LogP contribution < -0.4 is 4.74 Å². The van der Waals surface area contributed by atoms with Gasteiger partial charge in [-0.2, -0.15) is 0 Å². The quantitative estimate of drug-likeness (QED) is 0.827. The van der Waals surface area contributed by atoms with Crippen molar-refractivity contribution in [3.63, 3.8) is 0 Å². The van der Waals surface area contributed by atoms with Crippen LogP contribution in [0.15, 0.2) is 23.2 Å². The summed E-state index contributed by atoms with van der Waals surface area (Å²) in [7, 11) is 0. The van der Waals surface area contributed by atoms with Gasteiger partial charge in [-0.1, -0.05) is 0 Å². The van der Waals surface area contributed by atoms with Crippen molar-refractivity contribution in [1.82, 2.24) is 14.4 Å². The number of aromatic nitrogens is 3. The summed E-state index contributed by atoms with van der Waals surface area (Å²) in [5, 5.41) is 0. The Morgan fingerprint density at radius 3 is 3.00 bits per heavy atom. The molecule has 0 N–H and O–H groups in total. The number of nitrogens with zero attached hydrogens (tertiary/aromatic N) is 3. The molecule has 0 aromatic carbocycles. The van der Waals surface area contributed by atoms with Gasteiger partial charge in [-0.25, -0.2) is 9.97 Å². The predicted octanol–water partition coefficient (Wildman–Crippen LogP) is 2.28. The van der Waals surface area contributed by atoms with Crippen molar-refractivity contribution in [2.24, 2.45) is 0 Å². The first kappa shape index (κ1) is 9.45. The van der Waals surface area contributed by atoms with Crippen molar-refractivity contribution in [2.75, 3.05) is 0 Å². The fourth-order valence-corrected chi connectivity index (χ4v) is 1.56. The third kappa shape index (κ3) is 1.72. The van der Waals surface area contributed by atoms with Crippen LogP contribution in [0.4, 0.5) is 0 Å². The second kappa shape index (κ2) is 3.57. The lowest BCUT2D eigenvalue weighted by Crippen LogP contribution is -2.08. The number of imidazole rings is 1. The maximum absolute atomic E-state index is 5.54. The molecule has 4 nitrogen and oxygen atoms in total. The smallest absolute Gasteiger partial charge is 0.259 e. The Bertz CT molecular complexity index is 452. The third-order valence-corrected chi connectivity index (χ3v) is 2.04. The van der Waals surface area contributed by atoms with Crippen molar-refractivity contribution in [3.8, 4) is 5.88 Å². The van der Waals surface area contributed by atoms with Crippen LogP contribution in [0.25, 0.3) is 5.65 Å². The Morgan fingerprint density at radius 1 is 1.50 bits per heavy atom. The lowest BCUT2D eigenvalue weighted by molar-refractivity contribution is 0.234. The first-order valence-corrected chi connectivity index (χ1v) is 5.12. The molecule has 0 fully saturated rings. The van der Waals surface area contributed by atoms with Gasteiger partial charge in [0.1, 0.15) is 4.60 Å². The van der Waals surface area contributed by atoms with E-state index in [0.29, 0.717) is 5.88 Å². The van der Waals surface area contributed by atoms with Gasteiger partial charge in [0.05, 0.1) is 6.10 Å². The van der Waals surface area contributed by atoms with Gasteiger partial charge < -0.3 is 4.74 Å². The summed E-state index contributed by atoms with van der Waals surface area (Å²) in [6.07, 6.45) is 5.51. The van der Waals surface area contributed by atoms with Crippen molar-refractivity contribution < 1.29 is 4.74 Å². The first-order chi connectivity index (χ1) is 6.66. The molecule has 2 rings (SSSR count). The highest BCUT2D eigenvalue weighted by Gasteiger charge is 2.08. The van der Waals surface area contributed by atoms with E-state index in [0.717, 1.165) is 10.3 Å². The second-order valence-electron chi connectivity index (χ2n) is 3.19. The Morgan fingerprint density at radius 2 is 2.29 bits per heavy atom. The summed E-state index contributed by atoms with van der Waals surface area (Å²) in [6, 6.07) is 0. The highest BCUT2D eigenvalue weighted by molar-refractivity contribution is 9.10. The molecule has 0 bridgehead atoms. The molecule has 0 atom stereocenters. The number of rotatable bonds is 2. The van der Waals surface area contributed by atoms with Crippen LogP contribution in [0.3, 0.4) is 0 Å². The Balaban J connectivity index is 2.55. The van der Waals surface area contributed by atoms with Gasteiger partial charge in [0.2, 0.25) is 5.65 Å². The molecule has 2 aromatic rings. The number of halogens is 1. The average Bonchev–Trinajstić information content (AvgIpc) is 2.50. The van der Waals surface area contributed by atoms with Gasteiger partial charge in [0.25, 0.3) is 5.88 Å². The minimum Gasteiger partial charge on any atom is -0.472 e. The Hall–Kier alpha value is -1.10. The maximum Gasteiger partial charge on any atom is 0.259 e. The minimum absolute atomic E-state index is 0.0947. The molecule has 0 unspecified atom stereocenters. The van der Waals surface area contributed by atoms with E-state index in [1.807, 2.05) is 30.6 Å². The second-order valence-corrected chi connectivity index (χ2v) is 4.01. The normalized spacial score (nSPS) is 11.1. The average molecular weight is 256 g/mol. The molecule has 14 heavy (non-hydrogen) atoms. The van der Waals surface area contributed by atoms with Gasteiger partial charge in [-0.3, -0.25) is 4.40 Å². The highest BCUT2D eigenvalue weighted by Crippen LogP contribution is 2.19. The molecule has 2 heterocycles. The fraction of sp³-hybridized carbons (Fsp3) is 0.333. The van der Waals surface area contributed by atoms with Crippen molar-refractivity contribution in [3.05, 3.63) is 23.2 Å². The van der Waals surface area contributed by atoms with Gasteiger partial charge in [-0.05, 0) is 29.8 Å². The molecule has 0 amide bonds. The van der Waals surface area contributed by atoms with Crippen LogP contribution in [0, 0.1) is 0 Å². The zero-order valence-corrected chi connectivity index (χ0v) is 9.52. The largest absolute Gasteiger partial charge is 0.472 e. The number of hydrogen-bond acceptors (Lipinski definition) is 3. The third-order valence-electron chi connectivity index (χ3n) is 1.66. The Kier molecular flexibility index (Phi) is 2.41. The lowest BCUT2D eigenvalue weighted by Gasteiger charge is -2.09. The molecular formula is C9H10BrN3O. The number of ether oxygens (including phenoxy) is 1. The summed E-state index contributed by atoms with van der Waals surface area (Å²) in [6.45, 7) is 3.92. The molecule has 0 saturated carbocycles. The molecule has 0 radical (unpaired) electrons. The molecule has 0 aliphatic heterocycles. The summed E-state index contributed by atoms with van der Waals surface area (Å²) in [4.78, 5) is 8.39. The van der Waals surface area contributed by atoms with Gasteiger partial charge in [0, 0.05) is 18.6 Å². The standard InChI is InChI=1S/C9H10BrN3O/c1-6(2)14-9-8-11-3-4-13(8)5-7(10)12-9/h3-6H,1-2H3. The van der Waals surface area contributed by atoms with Crippen LogP contribution in [-0.4, -0.2) is 20.5 Å². The van der Waals surface area contributed by atoms with E-state index in [4.69, 9.17) is 4.74 Å². The molecule has 0 spiro atoms. The summed E-state index contributed by atoms with van der Waals surface area (Å²) in [5.41, 5.74) is 0.738. The van der Waals surface area contributed by atoms with Gasteiger partial charge in [-0.15, -0.1) is 0 Å². The molecular weight excluding hydrogens is 246 g/mol. The van der Waals surface area contributed by atoms with E-state index < -0.39 is 0 Å². The summed E-state index contributed by atoms with van der Waals surface area (Å²) >= 11 is 3.32. The molecule has 2 aromatic heterocycles. The van der Waals surface area contributed by atoms with Crippen LogP contribution >= 0.6 is 15.9 Å². The van der Waals surface area contributed by atoms with Crippen LogP contribution in [0.5, 0.6) is 5.88 Å². The molecule has 5 heteroatoms. The number of fused-ring (bicyclic) bond motifs is 1. The van der Waals surface area contributed by atoms with Crippen molar-refractivity contribution in [2.45, 2.75) is 20.0 Å². The zero-order chi connectivity index (χ0) is 10.1. The van der Waals surface area contributed by atoms with Gasteiger partial charge in [0.15, 0.2) is 0 Å². The molecule has 0 aliphatic rings. The van der Waals surface area contributed by atoms with E-state index in [9.17, 15) is 0 Å². The molecule has 0 aliphatic carbocycles.